The Balaban J connectivity index is 1.48. The topological polar surface area (TPSA) is 57.3 Å². The van der Waals surface area contributed by atoms with Gasteiger partial charge in [0.05, 0.1) is 0 Å². The van der Waals surface area contributed by atoms with E-state index < -0.39 is 0 Å². The molecule has 1 heterocycles. The first kappa shape index (κ1) is 18.7. The number of hydrogen-bond acceptors (Lipinski definition) is 4. The fraction of sp³-hybridized carbons (Fsp3) is 0.400. The molecule has 0 spiro atoms. The number of benzene rings is 1. The largest absolute Gasteiger partial charge is 0.334 e. The van der Waals surface area contributed by atoms with E-state index >= 15 is 0 Å². The van der Waals surface area contributed by atoms with E-state index in [-0.39, 0.29) is 6.03 Å². The minimum absolute atomic E-state index is 0.205. The van der Waals surface area contributed by atoms with E-state index in [0.717, 1.165) is 17.8 Å². The molecule has 2 N–H and O–H groups in total. The van der Waals surface area contributed by atoms with Crippen molar-refractivity contribution in [1.82, 2.24) is 14.6 Å². The quantitative estimate of drug-likeness (QED) is 0.695. The summed E-state index contributed by atoms with van der Waals surface area (Å²) in [7, 11) is 0. The Morgan fingerprint density at radius 1 is 1.15 bits per heavy atom. The van der Waals surface area contributed by atoms with Gasteiger partial charge in [-0.1, -0.05) is 19.8 Å². The zero-order chi connectivity index (χ0) is 18.2. The molecule has 2 aromatic rings. The van der Waals surface area contributed by atoms with Gasteiger partial charge in [-0.15, -0.1) is 0 Å². The number of hydrogen-bond donors (Lipinski definition) is 2. The fourth-order valence-corrected chi connectivity index (χ4v) is 4.20. The molecule has 1 aliphatic rings. The van der Waals surface area contributed by atoms with Crippen LogP contribution in [0.15, 0.2) is 53.7 Å². The number of nitrogens with one attached hydrogen (secondary N) is 2. The Morgan fingerprint density at radius 3 is 2.50 bits per heavy atom. The highest BCUT2D eigenvalue weighted by molar-refractivity contribution is 7.97. The molecule has 138 valence electrons. The summed E-state index contributed by atoms with van der Waals surface area (Å²) < 4.78 is 2.48. The van der Waals surface area contributed by atoms with Crippen LogP contribution >= 0.6 is 11.9 Å². The van der Waals surface area contributed by atoms with Crippen molar-refractivity contribution in [3.05, 3.63) is 54.4 Å². The van der Waals surface area contributed by atoms with Gasteiger partial charge < -0.3 is 10.6 Å². The summed E-state index contributed by atoms with van der Waals surface area (Å²) in [6.45, 7) is 3.75. The van der Waals surface area contributed by atoms with Crippen LogP contribution in [0.5, 0.6) is 0 Å². The zero-order valence-corrected chi connectivity index (χ0v) is 16.0. The Kier molecular flexibility index (Phi) is 6.91. The van der Waals surface area contributed by atoms with Crippen LogP contribution in [0.2, 0.25) is 0 Å². The number of pyridine rings is 1. The van der Waals surface area contributed by atoms with Crippen molar-refractivity contribution in [2.24, 2.45) is 0 Å². The van der Waals surface area contributed by atoms with Gasteiger partial charge in [0.25, 0.3) is 0 Å². The average Bonchev–Trinajstić information content (AvgIpc) is 3.21. The molecule has 0 bridgehead atoms. The first-order valence-corrected chi connectivity index (χ1v) is 10.0. The zero-order valence-electron chi connectivity index (χ0n) is 15.1. The second kappa shape index (κ2) is 9.59. The van der Waals surface area contributed by atoms with Gasteiger partial charge in [0.1, 0.15) is 0 Å². The molecule has 1 saturated carbocycles. The molecule has 1 fully saturated rings. The molecule has 0 radical (unpaired) electrons. The Bertz CT molecular complexity index is 687. The number of carbonyl (C=O) groups excluding carboxylic acids is 1. The highest BCUT2D eigenvalue weighted by Gasteiger charge is 2.22. The van der Waals surface area contributed by atoms with Crippen LogP contribution in [-0.2, 0) is 6.54 Å². The van der Waals surface area contributed by atoms with Crippen LogP contribution in [0.4, 0.5) is 10.5 Å². The summed E-state index contributed by atoms with van der Waals surface area (Å²) in [6, 6.07) is 12.3. The predicted molar refractivity (Wildman–Crippen MR) is 107 cm³/mol. The van der Waals surface area contributed by atoms with Gasteiger partial charge in [0.15, 0.2) is 0 Å². The third-order valence-electron chi connectivity index (χ3n) is 4.58. The van der Waals surface area contributed by atoms with Gasteiger partial charge in [0, 0.05) is 42.1 Å². The summed E-state index contributed by atoms with van der Waals surface area (Å²) >= 11 is 1.82. The van der Waals surface area contributed by atoms with Gasteiger partial charge in [-0.2, -0.15) is 0 Å². The molecular weight excluding hydrogens is 344 g/mol. The highest BCUT2D eigenvalue weighted by atomic mass is 32.2. The highest BCUT2D eigenvalue weighted by Crippen LogP contribution is 2.32. The van der Waals surface area contributed by atoms with E-state index in [1.807, 2.05) is 36.2 Å². The maximum atomic E-state index is 12.0. The molecular formula is C20H26N4OS. The Morgan fingerprint density at radius 2 is 1.85 bits per heavy atom. The smallest absolute Gasteiger partial charge is 0.319 e. The molecule has 0 aliphatic heterocycles. The van der Waals surface area contributed by atoms with Crippen molar-refractivity contribution in [2.45, 2.75) is 50.1 Å². The number of nitrogens with zero attached hydrogens (tertiary/aromatic N) is 2. The summed E-state index contributed by atoms with van der Waals surface area (Å²) in [5.74, 6) is 0. The summed E-state index contributed by atoms with van der Waals surface area (Å²) in [6.07, 6.45) is 8.74. The molecule has 5 nitrogen and oxygen atoms in total. The molecule has 1 aliphatic carbocycles. The number of carbonyl (C=O) groups is 1. The van der Waals surface area contributed by atoms with E-state index in [0.29, 0.717) is 12.6 Å². The molecule has 3 rings (SSSR count). The summed E-state index contributed by atoms with van der Waals surface area (Å²) in [5.41, 5.74) is 1.82. The van der Waals surface area contributed by atoms with Gasteiger partial charge in [-0.3, -0.25) is 4.98 Å². The third kappa shape index (κ3) is 5.47. The van der Waals surface area contributed by atoms with Crippen molar-refractivity contribution in [3.8, 4) is 0 Å². The molecule has 0 saturated heterocycles. The molecule has 26 heavy (non-hydrogen) atoms. The van der Waals surface area contributed by atoms with Crippen molar-refractivity contribution in [2.75, 3.05) is 11.9 Å². The van der Waals surface area contributed by atoms with Crippen molar-refractivity contribution >= 4 is 23.7 Å². The molecule has 6 heteroatoms. The number of urea groups is 1. The molecule has 2 amide bonds. The molecule has 0 atom stereocenters. The van der Waals surface area contributed by atoms with Crippen LogP contribution in [0.25, 0.3) is 0 Å². The normalized spacial score (nSPS) is 14.5. The number of anilines is 1. The van der Waals surface area contributed by atoms with E-state index in [2.05, 4.69) is 39.0 Å². The average molecular weight is 371 g/mol. The number of rotatable bonds is 7. The van der Waals surface area contributed by atoms with Crippen molar-refractivity contribution < 1.29 is 4.79 Å². The van der Waals surface area contributed by atoms with E-state index in [9.17, 15) is 4.79 Å². The Hall–Kier alpha value is -2.05. The minimum atomic E-state index is -0.205. The molecule has 0 unspecified atom stereocenters. The number of aromatic nitrogens is 1. The molecule has 1 aromatic heterocycles. The minimum Gasteiger partial charge on any atom is -0.334 e. The maximum absolute atomic E-state index is 12.0. The van der Waals surface area contributed by atoms with Gasteiger partial charge in [-0.05, 0) is 66.8 Å². The van der Waals surface area contributed by atoms with Gasteiger partial charge >= 0.3 is 6.03 Å². The van der Waals surface area contributed by atoms with Crippen LogP contribution in [0.3, 0.4) is 0 Å². The monoisotopic (exact) mass is 370 g/mol. The number of amides is 2. The van der Waals surface area contributed by atoms with E-state index in [1.54, 1.807) is 12.4 Å². The Labute approximate surface area is 159 Å². The SMILES string of the molecule is CCN(Sc1ccc(NC(=O)NCc2ccncc2)cc1)C1CCCC1. The lowest BCUT2D eigenvalue weighted by Gasteiger charge is -2.25. The summed E-state index contributed by atoms with van der Waals surface area (Å²) in [5, 5.41) is 5.72. The first-order chi connectivity index (χ1) is 12.7. The van der Waals surface area contributed by atoms with Crippen LogP contribution in [0, 0.1) is 0 Å². The van der Waals surface area contributed by atoms with Crippen molar-refractivity contribution in [3.63, 3.8) is 0 Å². The van der Waals surface area contributed by atoms with Crippen molar-refractivity contribution in [1.29, 1.82) is 0 Å². The summed E-state index contributed by atoms with van der Waals surface area (Å²) in [4.78, 5) is 17.2. The maximum Gasteiger partial charge on any atom is 0.319 e. The second-order valence-electron chi connectivity index (χ2n) is 6.45. The van der Waals surface area contributed by atoms with E-state index in [4.69, 9.17) is 0 Å². The van der Waals surface area contributed by atoms with E-state index in [1.165, 1.54) is 30.6 Å². The lowest BCUT2D eigenvalue weighted by atomic mass is 10.2. The predicted octanol–water partition coefficient (Wildman–Crippen LogP) is 4.67. The van der Waals surface area contributed by atoms with Crippen LogP contribution < -0.4 is 10.6 Å². The van der Waals surface area contributed by atoms with Gasteiger partial charge in [-0.25, -0.2) is 9.10 Å². The lowest BCUT2D eigenvalue weighted by molar-refractivity contribution is 0.251. The first-order valence-electron chi connectivity index (χ1n) is 9.23. The fourth-order valence-electron chi connectivity index (χ4n) is 3.18. The van der Waals surface area contributed by atoms with Gasteiger partial charge in [0.2, 0.25) is 0 Å². The molecule has 1 aromatic carbocycles. The standard InChI is InChI=1S/C20H26N4OS/c1-2-24(18-5-3-4-6-18)26-19-9-7-17(8-10-19)23-20(25)22-15-16-11-13-21-14-12-16/h7-14,18H,2-6,15H2,1H3,(H2,22,23,25). The second-order valence-corrected chi connectivity index (χ2v) is 7.57. The third-order valence-corrected chi connectivity index (χ3v) is 5.85. The van der Waals surface area contributed by atoms with Crippen LogP contribution in [0.1, 0.15) is 38.2 Å². The lowest BCUT2D eigenvalue weighted by Crippen LogP contribution is -2.28. The van der Waals surface area contributed by atoms with Crippen LogP contribution in [-0.4, -0.2) is 27.9 Å².